The summed E-state index contributed by atoms with van der Waals surface area (Å²) in [5, 5.41) is 7.53. The number of alkyl halides is 3. The van der Waals surface area contributed by atoms with Crippen molar-refractivity contribution in [3.05, 3.63) is 53.5 Å². The van der Waals surface area contributed by atoms with Gasteiger partial charge in [0.25, 0.3) is 5.91 Å². The number of amides is 1. The van der Waals surface area contributed by atoms with Crippen molar-refractivity contribution in [3.8, 4) is 0 Å². The minimum absolute atomic E-state index is 0.0209. The molecule has 1 amide bonds. The van der Waals surface area contributed by atoms with Gasteiger partial charge in [-0.05, 0) is 24.3 Å². The molecule has 1 aliphatic heterocycles. The van der Waals surface area contributed by atoms with E-state index in [1.54, 1.807) is 10.9 Å². The summed E-state index contributed by atoms with van der Waals surface area (Å²) in [7, 11) is 1.18. The maximum absolute atomic E-state index is 12.9. The van der Waals surface area contributed by atoms with E-state index >= 15 is 0 Å². The molecule has 1 fully saturated rings. The predicted octanol–water partition coefficient (Wildman–Crippen LogP) is 3.14. The summed E-state index contributed by atoms with van der Waals surface area (Å²) in [6.45, 7) is 1.93. The summed E-state index contributed by atoms with van der Waals surface area (Å²) in [5.74, 6) is -1.27. The Hall–Kier alpha value is -3.47. The highest BCUT2D eigenvalue weighted by Crippen LogP contribution is 2.28. The second-order valence-electron chi connectivity index (χ2n) is 7.06. The number of rotatable bonds is 5. The zero-order valence-corrected chi connectivity index (χ0v) is 16.3. The molecule has 2 aromatic heterocycles. The van der Waals surface area contributed by atoms with Gasteiger partial charge < -0.3 is 14.8 Å². The second-order valence-corrected chi connectivity index (χ2v) is 7.06. The molecule has 0 bridgehead atoms. The molecule has 11 heteroatoms. The number of fused-ring (bicyclic) bond motifs is 1. The molecule has 3 heterocycles. The van der Waals surface area contributed by atoms with Gasteiger partial charge in [-0.15, -0.1) is 0 Å². The van der Waals surface area contributed by atoms with Crippen molar-refractivity contribution in [1.82, 2.24) is 14.8 Å². The second kappa shape index (κ2) is 7.99. The first kappa shape index (κ1) is 20.8. The molecule has 0 spiro atoms. The van der Waals surface area contributed by atoms with Crippen molar-refractivity contribution in [3.63, 3.8) is 0 Å². The lowest BCUT2D eigenvalue weighted by Gasteiger charge is -2.25. The number of hydrogen-bond acceptors (Lipinski definition) is 6. The van der Waals surface area contributed by atoms with Gasteiger partial charge in [-0.1, -0.05) is 6.07 Å². The molecule has 8 nitrogen and oxygen atoms in total. The first-order chi connectivity index (χ1) is 14.7. The van der Waals surface area contributed by atoms with Crippen molar-refractivity contribution < 1.29 is 32.2 Å². The van der Waals surface area contributed by atoms with Gasteiger partial charge in [0.2, 0.25) is 0 Å². The highest BCUT2D eigenvalue weighted by Gasteiger charge is 2.33. The molecule has 0 aliphatic carbocycles. The molecule has 0 unspecified atom stereocenters. The van der Waals surface area contributed by atoms with Gasteiger partial charge in [0.1, 0.15) is 11.4 Å². The van der Waals surface area contributed by atoms with Crippen LogP contribution in [0.4, 0.5) is 18.9 Å². The Balaban J connectivity index is 1.66. The fourth-order valence-electron chi connectivity index (χ4n) is 3.16. The Labute approximate surface area is 174 Å². The number of nitrogens with zero attached hydrogens (tertiary/aromatic N) is 3. The van der Waals surface area contributed by atoms with E-state index < -0.39 is 29.4 Å². The van der Waals surface area contributed by atoms with Gasteiger partial charge in [0.05, 0.1) is 37.1 Å². The average molecular weight is 434 g/mol. The summed E-state index contributed by atoms with van der Waals surface area (Å²) in [4.78, 5) is 28.2. The SMILES string of the molecule is COC(=O)c1cc2nn(CC3COC3)cc2cc1NC(=O)c1cccc(C(F)(F)F)n1. The smallest absolute Gasteiger partial charge is 0.433 e. The highest BCUT2D eigenvalue weighted by molar-refractivity contribution is 6.09. The maximum Gasteiger partial charge on any atom is 0.433 e. The molecule has 3 aromatic rings. The van der Waals surface area contributed by atoms with Gasteiger partial charge in [0, 0.05) is 24.0 Å². The van der Waals surface area contributed by atoms with Crippen LogP contribution >= 0.6 is 0 Å². The number of nitrogens with one attached hydrogen (secondary N) is 1. The Morgan fingerprint density at radius 1 is 1.29 bits per heavy atom. The molecule has 4 rings (SSSR count). The summed E-state index contributed by atoms with van der Waals surface area (Å²) >= 11 is 0. The quantitative estimate of drug-likeness (QED) is 0.620. The van der Waals surface area contributed by atoms with Crippen LogP contribution in [0.25, 0.3) is 10.9 Å². The van der Waals surface area contributed by atoms with E-state index in [2.05, 4.69) is 15.4 Å². The monoisotopic (exact) mass is 434 g/mol. The molecule has 0 atom stereocenters. The van der Waals surface area contributed by atoms with Crippen LogP contribution in [0.5, 0.6) is 0 Å². The van der Waals surface area contributed by atoms with Crippen LogP contribution in [-0.2, 0) is 22.2 Å². The van der Waals surface area contributed by atoms with Gasteiger partial charge >= 0.3 is 12.1 Å². The van der Waals surface area contributed by atoms with Gasteiger partial charge in [-0.25, -0.2) is 9.78 Å². The van der Waals surface area contributed by atoms with E-state index in [0.29, 0.717) is 36.6 Å². The predicted molar refractivity (Wildman–Crippen MR) is 103 cm³/mol. The van der Waals surface area contributed by atoms with Crippen molar-refractivity contribution >= 4 is 28.5 Å². The van der Waals surface area contributed by atoms with E-state index in [-0.39, 0.29) is 11.3 Å². The van der Waals surface area contributed by atoms with Gasteiger partial charge in [-0.3, -0.25) is 9.48 Å². The Morgan fingerprint density at radius 2 is 2.06 bits per heavy atom. The van der Waals surface area contributed by atoms with Crippen LogP contribution in [-0.4, -0.2) is 47.0 Å². The highest BCUT2D eigenvalue weighted by atomic mass is 19.4. The molecular weight excluding hydrogens is 417 g/mol. The summed E-state index contributed by atoms with van der Waals surface area (Å²) in [6.07, 6.45) is -2.93. The lowest BCUT2D eigenvalue weighted by atomic mass is 10.1. The number of aromatic nitrogens is 3. The van der Waals surface area contributed by atoms with Crippen LogP contribution in [0.15, 0.2) is 36.5 Å². The van der Waals surface area contributed by atoms with E-state index in [0.717, 1.165) is 18.2 Å². The van der Waals surface area contributed by atoms with Crippen LogP contribution in [0, 0.1) is 5.92 Å². The maximum atomic E-state index is 12.9. The van der Waals surface area contributed by atoms with Crippen LogP contribution in [0.2, 0.25) is 0 Å². The first-order valence-electron chi connectivity index (χ1n) is 9.27. The molecule has 0 saturated carbocycles. The van der Waals surface area contributed by atoms with Gasteiger partial charge in [-0.2, -0.15) is 18.3 Å². The lowest BCUT2D eigenvalue weighted by Crippen LogP contribution is -2.31. The van der Waals surface area contributed by atoms with Crippen molar-refractivity contribution in [1.29, 1.82) is 0 Å². The van der Waals surface area contributed by atoms with E-state index in [1.807, 2.05) is 0 Å². The van der Waals surface area contributed by atoms with Crippen molar-refractivity contribution in [2.75, 3.05) is 25.6 Å². The number of methoxy groups -OCH3 is 1. The van der Waals surface area contributed by atoms with Crippen LogP contribution in [0.1, 0.15) is 26.5 Å². The lowest BCUT2D eigenvalue weighted by molar-refractivity contribution is -0.141. The summed E-state index contributed by atoms with van der Waals surface area (Å²) in [5.41, 5.74) is -1.02. The number of carbonyl (C=O) groups excluding carboxylic acids is 2. The minimum Gasteiger partial charge on any atom is -0.465 e. The summed E-state index contributed by atoms with van der Waals surface area (Å²) < 4.78 is 50.3. The Kier molecular flexibility index (Phi) is 5.36. The zero-order chi connectivity index (χ0) is 22.2. The molecule has 1 saturated heterocycles. The standard InChI is InChI=1S/C20H17F3N4O4/c1-30-19(29)13-6-15-12(8-27(26-15)7-11-9-31-10-11)5-16(13)25-18(28)14-3-2-4-17(24-14)20(21,22)23/h2-6,8,11H,7,9-10H2,1H3,(H,25,28). The number of pyridine rings is 1. The Bertz CT molecular complexity index is 1160. The third kappa shape index (κ3) is 4.36. The first-order valence-corrected chi connectivity index (χ1v) is 9.27. The van der Waals surface area contributed by atoms with Crippen molar-refractivity contribution in [2.24, 2.45) is 5.92 Å². The topological polar surface area (TPSA) is 95.3 Å². The van der Waals surface area contributed by atoms with Crippen molar-refractivity contribution in [2.45, 2.75) is 12.7 Å². The number of halogens is 3. The third-order valence-electron chi connectivity index (χ3n) is 4.77. The number of benzene rings is 1. The zero-order valence-electron chi connectivity index (χ0n) is 16.3. The molecular formula is C20H17F3N4O4. The number of anilines is 1. The van der Waals surface area contributed by atoms with E-state index in [4.69, 9.17) is 9.47 Å². The fourth-order valence-corrected chi connectivity index (χ4v) is 3.16. The largest absolute Gasteiger partial charge is 0.465 e. The number of ether oxygens (including phenoxy) is 2. The van der Waals surface area contributed by atoms with E-state index in [1.165, 1.54) is 19.2 Å². The molecule has 1 aromatic carbocycles. The van der Waals surface area contributed by atoms with E-state index in [9.17, 15) is 22.8 Å². The number of esters is 1. The number of carbonyl (C=O) groups is 2. The average Bonchev–Trinajstić information content (AvgIpc) is 3.10. The molecule has 1 N–H and O–H groups in total. The minimum atomic E-state index is -4.69. The Morgan fingerprint density at radius 3 is 2.71 bits per heavy atom. The molecule has 1 aliphatic rings. The van der Waals surface area contributed by atoms with Gasteiger partial charge in [0.15, 0.2) is 0 Å². The van der Waals surface area contributed by atoms with Crippen LogP contribution in [0.3, 0.4) is 0 Å². The normalized spacial score (nSPS) is 14.3. The molecule has 162 valence electrons. The number of hydrogen-bond donors (Lipinski definition) is 1. The van der Waals surface area contributed by atoms with Crippen LogP contribution < -0.4 is 5.32 Å². The molecule has 0 radical (unpaired) electrons. The fraction of sp³-hybridized carbons (Fsp3) is 0.300. The molecule has 31 heavy (non-hydrogen) atoms. The summed E-state index contributed by atoms with van der Waals surface area (Å²) in [6, 6.07) is 5.99. The third-order valence-corrected chi connectivity index (χ3v) is 4.77.